The zero-order valence-electron chi connectivity index (χ0n) is 15.3. The van der Waals surface area contributed by atoms with Crippen molar-refractivity contribution in [1.29, 1.82) is 0 Å². The van der Waals surface area contributed by atoms with Gasteiger partial charge >= 0.3 is 0 Å². The second-order valence-electron chi connectivity index (χ2n) is 5.99. The molecule has 7 nitrogen and oxygen atoms in total. The van der Waals surface area contributed by atoms with Crippen molar-refractivity contribution < 1.29 is 18.8 Å². The fraction of sp³-hybridized carbons (Fsp3) is 0.250. The molecule has 7 heteroatoms. The van der Waals surface area contributed by atoms with Crippen LogP contribution in [0.4, 0.5) is 5.69 Å². The van der Waals surface area contributed by atoms with E-state index < -0.39 is 0 Å². The summed E-state index contributed by atoms with van der Waals surface area (Å²) in [5.41, 5.74) is 1.83. The Morgan fingerprint density at radius 3 is 2.78 bits per heavy atom. The van der Waals surface area contributed by atoms with Crippen LogP contribution in [0, 0.1) is 0 Å². The molecule has 2 aromatic carbocycles. The lowest BCUT2D eigenvalue weighted by Gasteiger charge is -2.20. The Morgan fingerprint density at radius 2 is 2.00 bits per heavy atom. The second-order valence-corrected chi connectivity index (χ2v) is 5.99. The molecule has 0 bridgehead atoms. The van der Waals surface area contributed by atoms with Crippen LogP contribution in [0.2, 0.25) is 0 Å². The van der Waals surface area contributed by atoms with E-state index >= 15 is 0 Å². The molecule has 0 spiro atoms. The number of nitrogens with zero attached hydrogens (tertiary/aromatic N) is 2. The predicted octanol–water partition coefficient (Wildman–Crippen LogP) is 2.87. The molecule has 3 aromatic rings. The van der Waals surface area contributed by atoms with Crippen molar-refractivity contribution in [2.24, 2.45) is 0 Å². The van der Waals surface area contributed by atoms with Gasteiger partial charge in [0.05, 0.1) is 20.1 Å². The van der Waals surface area contributed by atoms with E-state index in [1.54, 1.807) is 37.4 Å². The van der Waals surface area contributed by atoms with E-state index in [0.717, 1.165) is 5.39 Å². The number of hydrogen-bond acceptors (Lipinski definition) is 5. The Hall–Kier alpha value is -3.35. The Balaban J connectivity index is 1.63. The van der Waals surface area contributed by atoms with E-state index in [4.69, 9.17) is 9.26 Å². The number of fused-ring (bicyclic) bond motifs is 1. The summed E-state index contributed by atoms with van der Waals surface area (Å²) in [6.45, 7) is 2.21. The molecule has 1 heterocycles. The van der Waals surface area contributed by atoms with E-state index in [1.165, 1.54) is 4.90 Å². The number of ether oxygens (including phenoxy) is 1. The van der Waals surface area contributed by atoms with Crippen LogP contribution in [-0.4, -0.2) is 42.1 Å². The van der Waals surface area contributed by atoms with Gasteiger partial charge < -0.3 is 19.5 Å². The van der Waals surface area contributed by atoms with E-state index in [0.29, 0.717) is 29.3 Å². The lowest BCUT2D eigenvalue weighted by atomic mass is 10.1. The van der Waals surface area contributed by atoms with Crippen molar-refractivity contribution in [2.45, 2.75) is 13.3 Å². The summed E-state index contributed by atoms with van der Waals surface area (Å²) in [4.78, 5) is 26.4. The first-order valence-corrected chi connectivity index (χ1v) is 8.65. The third-order valence-corrected chi connectivity index (χ3v) is 4.19. The highest BCUT2D eigenvalue weighted by Crippen LogP contribution is 2.19. The Bertz CT molecular complexity index is 951. The summed E-state index contributed by atoms with van der Waals surface area (Å²) >= 11 is 0. The molecule has 0 saturated carbocycles. The number of rotatable bonds is 7. The van der Waals surface area contributed by atoms with Crippen LogP contribution >= 0.6 is 0 Å². The van der Waals surface area contributed by atoms with Gasteiger partial charge in [-0.2, -0.15) is 0 Å². The van der Waals surface area contributed by atoms with Gasteiger partial charge in [0.25, 0.3) is 0 Å². The van der Waals surface area contributed by atoms with E-state index in [1.807, 2.05) is 25.1 Å². The molecule has 2 amide bonds. The molecule has 0 unspecified atom stereocenters. The summed E-state index contributed by atoms with van der Waals surface area (Å²) in [7, 11) is 1.56. The number of methoxy groups -OCH3 is 1. The van der Waals surface area contributed by atoms with Crippen molar-refractivity contribution in [2.75, 3.05) is 25.5 Å². The third kappa shape index (κ3) is 4.44. The van der Waals surface area contributed by atoms with Crippen LogP contribution in [0.5, 0.6) is 5.75 Å². The Morgan fingerprint density at radius 1 is 1.19 bits per heavy atom. The van der Waals surface area contributed by atoms with Gasteiger partial charge in [-0.15, -0.1) is 0 Å². The molecular formula is C20H21N3O4. The largest absolute Gasteiger partial charge is 0.497 e. The number of likely N-dealkylation sites (N-methyl/N-ethyl adjacent to an activating group) is 1. The van der Waals surface area contributed by atoms with Crippen LogP contribution in [0.15, 0.2) is 53.1 Å². The quantitative estimate of drug-likeness (QED) is 0.694. The van der Waals surface area contributed by atoms with Crippen molar-refractivity contribution >= 4 is 28.5 Å². The van der Waals surface area contributed by atoms with E-state index in [9.17, 15) is 9.59 Å². The fourth-order valence-corrected chi connectivity index (χ4v) is 2.77. The van der Waals surface area contributed by atoms with E-state index in [2.05, 4.69) is 10.5 Å². The van der Waals surface area contributed by atoms with Crippen LogP contribution in [0.1, 0.15) is 12.6 Å². The van der Waals surface area contributed by atoms with Gasteiger partial charge in [0.2, 0.25) is 11.8 Å². The number of anilines is 1. The number of hydrogen-bond donors (Lipinski definition) is 1. The molecule has 0 saturated heterocycles. The molecule has 27 heavy (non-hydrogen) atoms. The van der Waals surface area contributed by atoms with Crippen molar-refractivity contribution in [3.05, 3.63) is 54.2 Å². The number of amides is 2. The summed E-state index contributed by atoms with van der Waals surface area (Å²) in [6.07, 6.45) is 0.0806. The first-order chi connectivity index (χ1) is 13.1. The maximum absolute atomic E-state index is 12.6. The molecule has 0 fully saturated rings. The van der Waals surface area contributed by atoms with Gasteiger partial charge in [-0.25, -0.2) is 0 Å². The molecule has 0 aliphatic carbocycles. The zero-order valence-corrected chi connectivity index (χ0v) is 15.3. The number of benzene rings is 2. The molecule has 0 radical (unpaired) electrons. The van der Waals surface area contributed by atoms with Crippen molar-refractivity contribution in [3.8, 4) is 5.75 Å². The SMILES string of the molecule is CCN(CC(=O)Nc1cccc(OC)c1)C(=O)Cc1noc2ccccc12. The summed E-state index contributed by atoms with van der Waals surface area (Å²) in [5, 5.41) is 7.57. The minimum absolute atomic E-state index is 0.0394. The molecule has 3 rings (SSSR count). The average molecular weight is 367 g/mol. The predicted molar refractivity (Wildman–Crippen MR) is 102 cm³/mol. The fourth-order valence-electron chi connectivity index (χ4n) is 2.77. The maximum atomic E-state index is 12.6. The number of carbonyl (C=O) groups excluding carboxylic acids is 2. The molecular weight excluding hydrogens is 346 g/mol. The zero-order chi connectivity index (χ0) is 19.2. The van der Waals surface area contributed by atoms with Gasteiger partial charge in [-0.3, -0.25) is 9.59 Å². The molecule has 1 aromatic heterocycles. The molecule has 1 N–H and O–H groups in total. The van der Waals surface area contributed by atoms with Gasteiger partial charge in [0.1, 0.15) is 11.4 Å². The highest BCUT2D eigenvalue weighted by molar-refractivity contribution is 5.95. The standard InChI is InChI=1S/C20H21N3O4/c1-3-23(13-19(24)21-14-7-6-8-15(11-14)26-2)20(25)12-17-16-9-4-5-10-18(16)27-22-17/h4-11H,3,12-13H2,1-2H3,(H,21,24). The van der Waals surface area contributed by atoms with Crippen LogP contribution in [0.25, 0.3) is 11.0 Å². The topological polar surface area (TPSA) is 84.7 Å². The Labute approximate surface area is 156 Å². The van der Waals surface area contributed by atoms with Gasteiger partial charge in [-0.05, 0) is 31.2 Å². The second kappa shape index (κ2) is 8.35. The highest BCUT2D eigenvalue weighted by atomic mass is 16.5. The van der Waals surface area contributed by atoms with Crippen molar-refractivity contribution in [1.82, 2.24) is 10.1 Å². The van der Waals surface area contributed by atoms with Gasteiger partial charge in [-0.1, -0.05) is 23.4 Å². The number of para-hydroxylation sites is 1. The van der Waals surface area contributed by atoms with Crippen LogP contribution in [-0.2, 0) is 16.0 Å². The lowest BCUT2D eigenvalue weighted by molar-refractivity contribution is -0.133. The molecule has 0 aliphatic rings. The normalized spacial score (nSPS) is 10.6. The monoisotopic (exact) mass is 367 g/mol. The minimum Gasteiger partial charge on any atom is -0.497 e. The van der Waals surface area contributed by atoms with Crippen LogP contribution in [0.3, 0.4) is 0 Å². The first-order valence-electron chi connectivity index (χ1n) is 8.65. The average Bonchev–Trinajstić information content (AvgIpc) is 3.09. The van der Waals surface area contributed by atoms with E-state index in [-0.39, 0.29) is 24.8 Å². The maximum Gasteiger partial charge on any atom is 0.243 e. The smallest absolute Gasteiger partial charge is 0.243 e. The molecule has 0 aliphatic heterocycles. The molecule has 140 valence electrons. The molecule has 0 atom stereocenters. The Kier molecular flexibility index (Phi) is 5.71. The number of carbonyl (C=O) groups is 2. The van der Waals surface area contributed by atoms with Crippen LogP contribution < -0.4 is 10.1 Å². The lowest BCUT2D eigenvalue weighted by Crippen LogP contribution is -2.38. The van der Waals surface area contributed by atoms with Gasteiger partial charge in [0, 0.05) is 23.7 Å². The summed E-state index contributed by atoms with van der Waals surface area (Å²) in [6, 6.07) is 14.4. The number of nitrogens with one attached hydrogen (secondary N) is 1. The van der Waals surface area contributed by atoms with Crippen molar-refractivity contribution in [3.63, 3.8) is 0 Å². The highest BCUT2D eigenvalue weighted by Gasteiger charge is 2.19. The third-order valence-electron chi connectivity index (χ3n) is 4.19. The number of aromatic nitrogens is 1. The summed E-state index contributed by atoms with van der Waals surface area (Å²) < 4.78 is 10.4. The summed E-state index contributed by atoms with van der Waals surface area (Å²) in [5.74, 6) is 0.190. The van der Waals surface area contributed by atoms with Gasteiger partial charge in [0.15, 0.2) is 5.58 Å². The first kappa shape index (κ1) is 18.4. The minimum atomic E-state index is -0.275.